The summed E-state index contributed by atoms with van der Waals surface area (Å²) in [5, 5.41) is 63.7. The number of hydrogen-bond acceptors (Lipinski definition) is 11. The summed E-state index contributed by atoms with van der Waals surface area (Å²) in [7, 11) is 0. The molecule has 4 aromatic rings. The molecule has 7 N–H and O–H groups in total. The van der Waals surface area contributed by atoms with Crippen molar-refractivity contribution in [2.75, 3.05) is 13.1 Å². The van der Waals surface area contributed by atoms with E-state index in [2.05, 4.69) is 101 Å². The number of nitrogens with one attached hydrogen (secondary N) is 2. The van der Waals surface area contributed by atoms with Crippen LogP contribution in [0.1, 0.15) is 22.3 Å². The van der Waals surface area contributed by atoms with Crippen LogP contribution in [0.3, 0.4) is 0 Å². The molecule has 6 rings (SSSR count). The maximum Gasteiger partial charge on any atom is 0.269 e. The van der Waals surface area contributed by atoms with Gasteiger partial charge in [-0.1, -0.05) is 16.4 Å². The molecule has 2 aliphatic heterocycles. The van der Waals surface area contributed by atoms with E-state index in [0.29, 0.717) is 46.6 Å². The zero-order chi connectivity index (χ0) is 37.7. The van der Waals surface area contributed by atoms with Crippen LogP contribution in [0.15, 0.2) is 81.2 Å². The summed E-state index contributed by atoms with van der Waals surface area (Å²) in [5.41, 5.74) is 1.66. The molecule has 0 aromatic heterocycles. The molecule has 18 heteroatoms. The minimum Gasteiger partial charge on any atom is -0.508 e. The van der Waals surface area contributed by atoms with E-state index >= 15 is 0 Å². The number of carbonyl (C=O) groups excluding carboxylic acids is 2. The fraction of sp³-hybridized carbons (Fsp3) is 0.176. The lowest BCUT2D eigenvalue weighted by atomic mass is 10.1. The van der Waals surface area contributed by atoms with Crippen molar-refractivity contribution in [2.24, 2.45) is 10.3 Å². The van der Waals surface area contributed by atoms with E-state index in [1.165, 1.54) is 12.1 Å². The van der Waals surface area contributed by atoms with Gasteiger partial charge in [-0.15, -0.1) is 0 Å². The van der Waals surface area contributed by atoms with Gasteiger partial charge in [-0.05, 0) is 151 Å². The van der Waals surface area contributed by atoms with E-state index < -0.39 is 11.8 Å². The fourth-order valence-corrected chi connectivity index (χ4v) is 7.78. The van der Waals surface area contributed by atoms with Gasteiger partial charge in [-0.25, -0.2) is 0 Å². The Balaban J connectivity index is 1.51. The summed E-state index contributed by atoms with van der Waals surface area (Å²) in [5.74, 6) is -1.40. The monoisotopic (exact) mass is 1030 g/mol. The Bertz CT molecular complexity index is 2130. The van der Waals surface area contributed by atoms with Gasteiger partial charge in [-0.3, -0.25) is 9.59 Å². The summed E-state index contributed by atoms with van der Waals surface area (Å²) in [6, 6.07) is 12.6. The molecule has 13 nitrogen and oxygen atoms in total. The largest absolute Gasteiger partial charge is 0.508 e. The average Bonchev–Trinajstić information content (AvgIpc) is 3.10. The number of halogens is 5. The van der Waals surface area contributed by atoms with Gasteiger partial charge in [0.25, 0.3) is 11.8 Å². The van der Waals surface area contributed by atoms with Crippen LogP contribution < -0.4 is 20.1 Å². The van der Waals surface area contributed by atoms with Crippen LogP contribution in [0.25, 0.3) is 0 Å². The van der Waals surface area contributed by atoms with Gasteiger partial charge in [-0.2, -0.15) is 0 Å². The van der Waals surface area contributed by atoms with E-state index in [0.717, 1.165) is 0 Å². The molecule has 0 spiro atoms. The van der Waals surface area contributed by atoms with Crippen molar-refractivity contribution in [3.63, 3.8) is 0 Å². The smallest absolute Gasteiger partial charge is 0.269 e. The van der Waals surface area contributed by atoms with Crippen molar-refractivity contribution in [3.8, 4) is 40.2 Å². The third kappa shape index (κ3) is 9.20. The SMILES string of the molecule is O=C1NCCc2cc(Br)c(O)c(c2)Oc2cc(O)c(cc2Br)CCNC(=O)/C(=N/O)Cc2ccc(Br)c(c2Br)Oc2cc(cc(Br)c2O)C/C1=N\O. The van der Waals surface area contributed by atoms with Crippen LogP contribution in [0, 0.1) is 0 Å². The first-order chi connectivity index (χ1) is 24.8. The van der Waals surface area contributed by atoms with Crippen molar-refractivity contribution < 1.29 is 44.8 Å². The molecule has 2 aliphatic rings. The number of rotatable bonds is 0. The second-order valence-electron chi connectivity index (χ2n) is 11.3. The minimum atomic E-state index is -0.656. The summed E-state index contributed by atoms with van der Waals surface area (Å²) < 4.78 is 14.0. The molecule has 272 valence electrons. The van der Waals surface area contributed by atoms with Crippen LogP contribution in [0.2, 0.25) is 0 Å². The second-order valence-corrected chi connectivity index (χ2v) is 15.5. The van der Waals surface area contributed by atoms with Crippen molar-refractivity contribution in [1.29, 1.82) is 0 Å². The number of hydrogen-bond donors (Lipinski definition) is 7. The summed E-state index contributed by atoms with van der Waals surface area (Å²) in [6.07, 6.45) is 0.230. The number of aromatic hydroxyl groups is 3. The van der Waals surface area contributed by atoms with Gasteiger partial charge in [0, 0.05) is 32.0 Å². The summed E-state index contributed by atoms with van der Waals surface area (Å²) in [6.45, 7) is 0.201. The first kappa shape index (κ1) is 39.4. The molecule has 52 heavy (non-hydrogen) atoms. The van der Waals surface area contributed by atoms with Gasteiger partial charge in [0.1, 0.15) is 22.9 Å². The number of carbonyl (C=O) groups is 2. The minimum absolute atomic E-state index is 0.00879. The molecule has 0 aliphatic carbocycles. The molecule has 2 heterocycles. The van der Waals surface area contributed by atoms with Crippen LogP contribution in [-0.2, 0) is 35.3 Å². The highest BCUT2D eigenvalue weighted by molar-refractivity contribution is 9.11. The van der Waals surface area contributed by atoms with Crippen molar-refractivity contribution in [2.45, 2.75) is 25.7 Å². The third-order valence-corrected chi connectivity index (χ3v) is 11.1. The Labute approximate surface area is 338 Å². The third-order valence-electron chi connectivity index (χ3n) is 7.74. The van der Waals surface area contributed by atoms with Gasteiger partial charge in [0.2, 0.25) is 0 Å². The molecule has 0 fully saturated rings. The zero-order valence-electron chi connectivity index (χ0n) is 26.5. The quantitative estimate of drug-likeness (QED) is 0.0674. The standard InChI is InChI=1S/C34H27Br5N4O9/c35-19-2-1-18-13-24(43-50)34(48)41-6-4-17-12-20(36)26(14-25(17)44)51-27-10-15(7-21(37)30(27)45)3-5-40-33(47)23(42-49)9-16-8-22(38)31(46)28(11-16)52-32(19)29(18)39/h1-2,7-8,10-12,14,44-46,49-50H,3-6,9,13H2,(H,40,47)(H,41,48)/b42-23+,43-24+. The van der Waals surface area contributed by atoms with Crippen molar-refractivity contribution in [3.05, 3.63) is 93.1 Å². The normalized spacial score (nSPS) is 16.1. The predicted octanol–water partition coefficient (Wildman–Crippen LogP) is 7.98. The highest BCUT2D eigenvalue weighted by Gasteiger charge is 2.22. The summed E-state index contributed by atoms with van der Waals surface area (Å²) in [4.78, 5) is 26.1. The first-order valence-corrected chi connectivity index (χ1v) is 19.1. The highest BCUT2D eigenvalue weighted by Crippen LogP contribution is 2.45. The first-order valence-electron chi connectivity index (χ1n) is 15.1. The van der Waals surface area contributed by atoms with Gasteiger partial charge >= 0.3 is 0 Å². The molecule has 0 radical (unpaired) electrons. The molecule has 2 amide bonds. The number of phenolic OH excluding ortho intramolecular Hbond substituents is 3. The van der Waals surface area contributed by atoms with E-state index in [1.54, 1.807) is 36.4 Å². The number of nitrogens with zero attached hydrogens (tertiary/aromatic N) is 2. The van der Waals surface area contributed by atoms with Gasteiger partial charge < -0.3 is 45.8 Å². The van der Waals surface area contributed by atoms with Crippen LogP contribution in [0.4, 0.5) is 0 Å². The average molecular weight is 1040 g/mol. The highest BCUT2D eigenvalue weighted by atomic mass is 79.9. The molecule has 0 saturated carbocycles. The lowest BCUT2D eigenvalue weighted by molar-refractivity contribution is -0.115. The Hall–Kier alpha value is -3.84. The number of fused-ring (bicyclic) bond motifs is 12. The Morgan fingerprint density at radius 3 is 1.83 bits per heavy atom. The van der Waals surface area contributed by atoms with E-state index in [1.807, 2.05) is 0 Å². The number of benzene rings is 4. The fourth-order valence-electron chi connectivity index (χ4n) is 5.08. The second kappa shape index (κ2) is 17.3. The molecular formula is C34H27Br5N4O9. The number of oxime groups is 2. The Kier molecular flexibility index (Phi) is 13.1. The van der Waals surface area contributed by atoms with Crippen molar-refractivity contribution >= 4 is 103 Å². The van der Waals surface area contributed by atoms with E-state index in [-0.39, 0.29) is 88.5 Å². The van der Waals surface area contributed by atoms with E-state index in [4.69, 9.17) is 9.47 Å². The zero-order valence-corrected chi connectivity index (χ0v) is 34.4. The topological polar surface area (TPSA) is 203 Å². The summed E-state index contributed by atoms with van der Waals surface area (Å²) >= 11 is 17.0. The number of ether oxygens (including phenoxy) is 2. The van der Waals surface area contributed by atoms with Crippen LogP contribution in [0.5, 0.6) is 40.2 Å². The van der Waals surface area contributed by atoms with Gasteiger partial charge in [0.15, 0.2) is 28.7 Å². The Morgan fingerprint density at radius 2 is 1.17 bits per heavy atom. The molecule has 8 bridgehead atoms. The maximum atomic E-state index is 13.1. The maximum absolute atomic E-state index is 13.1. The predicted molar refractivity (Wildman–Crippen MR) is 209 cm³/mol. The van der Waals surface area contributed by atoms with Crippen molar-refractivity contribution in [1.82, 2.24) is 10.6 Å². The molecule has 0 atom stereocenters. The molecule has 0 unspecified atom stereocenters. The molecule has 4 aromatic carbocycles. The Morgan fingerprint density at radius 1 is 0.596 bits per heavy atom. The molecule has 0 saturated heterocycles. The molecular weight excluding hydrogens is 1010 g/mol. The lowest BCUT2D eigenvalue weighted by Crippen LogP contribution is -2.33. The number of amides is 2. The van der Waals surface area contributed by atoms with Gasteiger partial charge in [0.05, 0.1) is 22.4 Å². The lowest BCUT2D eigenvalue weighted by Gasteiger charge is -2.16. The van der Waals surface area contributed by atoms with E-state index in [9.17, 15) is 35.3 Å². The van der Waals surface area contributed by atoms with Crippen LogP contribution in [-0.4, -0.2) is 62.1 Å². The van der Waals surface area contributed by atoms with Crippen LogP contribution >= 0.6 is 79.6 Å². The number of phenols is 3.